The zero-order valence-corrected chi connectivity index (χ0v) is 26.1. The summed E-state index contributed by atoms with van der Waals surface area (Å²) in [4.78, 5) is 40.7. The average Bonchev–Trinajstić information content (AvgIpc) is 3.07. The number of amides is 3. The van der Waals surface area contributed by atoms with Crippen LogP contribution in [-0.4, -0.2) is 17.7 Å². The van der Waals surface area contributed by atoms with E-state index in [0.29, 0.717) is 16.8 Å². The molecule has 5 aromatic carbocycles. The van der Waals surface area contributed by atoms with E-state index in [0.717, 1.165) is 27.3 Å². The minimum Gasteiger partial charge on any atom is -0.325 e. The first-order valence-corrected chi connectivity index (χ1v) is 15.5. The van der Waals surface area contributed by atoms with Crippen LogP contribution in [-0.2, 0) is 9.59 Å². The first kappa shape index (κ1) is 31.9. The molecule has 5 aromatic rings. The van der Waals surface area contributed by atoms with Gasteiger partial charge in [0, 0.05) is 21.8 Å². The SMILES string of the molecule is Cc1cccc(NC(=O)C(Sc2ccc(NC(=O)/C(=C/c3ccc(F)cc3)NC(=O)c3ccccc3)cc2)c2ccccc2)c1C. The summed E-state index contributed by atoms with van der Waals surface area (Å²) in [5.74, 6) is -1.57. The Morgan fingerprint density at radius 1 is 0.717 bits per heavy atom. The number of carbonyl (C=O) groups is 3. The van der Waals surface area contributed by atoms with Crippen molar-refractivity contribution in [3.05, 3.63) is 167 Å². The van der Waals surface area contributed by atoms with Gasteiger partial charge in [0.2, 0.25) is 5.91 Å². The summed E-state index contributed by atoms with van der Waals surface area (Å²) in [6, 6.07) is 36.6. The summed E-state index contributed by atoms with van der Waals surface area (Å²) in [5, 5.41) is 8.07. The van der Waals surface area contributed by atoms with Gasteiger partial charge in [0.1, 0.15) is 16.8 Å². The van der Waals surface area contributed by atoms with Gasteiger partial charge in [-0.3, -0.25) is 14.4 Å². The molecule has 1 unspecified atom stereocenters. The third kappa shape index (κ3) is 8.37. The molecule has 5 rings (SSSR count). The third-order valence-corrected chi connectivity index (χ3v) is 8.55. The summed E-state index contributed by atoms with van der Waals surface area (Å²) < 4.78 is 13.5. The molecule has 0 bridgehead atoms. The van der Waals surface area contributed by atoms with Crippen molar-refractivity contribution in [3.8, 4) is 0 Å². The maximum atomic E-state index is 13.6. The lowest BCUT2D eigenvalue weighted by Crippen LogP contribution is -2.30. The molecule has 0 heterocycles. The van der Waals surface area contributed by atoms with E-state index in [9.17, 15) is 18.8 Å². The molecule has 0 saturated heterocycles. The quantitative estimate of drug-likeness (QED) is 0.107. The first-order chi connectivity index (χ1) is 22.3. The predicted molar refractivity (Wildman–Crippen MR) is 183 cm³/mol. The molecule has 0 aliphatic rings. The number of hydrogen-bond donors (Lipinski definition) is 3. The highest BCUT2D eigenvalue weighted by molar-refractivity contribution is 8.00. The smallest absolute Gasteiger partial charge is 0.272 e. The standard InChI is InChI=1S/C38H32FN3O3S/c1-25-10-9-15-33(26(25)2)41-38(45)35(28-11-5-3-6-12-28)46-32-22-20-31(21-23-32)40-37(44)34(24-27-16-18-30(39)19-17-27)42-36(43)29-13-7-4-8-14-29/h3-24,35H,1-2H3,(H,40,44)(H,41,45)(H,42,43)/b34-24-. The average molecular weight is 630 g/mol. The zero-order chi connectivity index (χ0) is 32.5. The molecule has 0 aliphatic carbocycles. The fraction of sp³-hybridized carbons (Fsp3) is 0.0789. The van der Waals surface area contributed by atoms with Crippen LogP contribution in [0.1, 0.15) is 37.9 Å². The minimum atomic E-state index is -0.552. The number of benzene rings is 5. The highest BCUT2D eigenvalue weighted by Crippen LogP contribution is 2.37. The lowest BCUT2D eigenvalue weighted by molar-refractivity contribution is -0.116. The molecular formula is C38H32FN3O3S. The fourth-order valence-corrected chi connectivity index (χ4v) is 5.63. The van der Waals surface area contributed by atoms with E-state index in [-0.39, 0.29) is 11.6 Å². The van der Waals surface area contributed by atoms with Gasteiger partial charge in [-0.25, -0.2) is 4.39 Å². The fourth-order valence-electron chi connectivity index (χ4n) is 4.60. The highest BCUT2D eigenvalue weighted by atomic mass is 32.2. The van der Waals surface area contributed by atoms with Crippen LogP contribution in [0.15, 0.2) is 138 Å². The Bertz CT molecular complexity index is 1860. The Balaban J connectivity index is 1.33. The molecule has 0 aliphatic heterocycles. The molecule has 0 spiro atoms. The van der Waals surface area contributed by atoms with Crippen molar-refractivity contribution >= 4 is 46.9 Å². The van der Waals surface area contributed by atoms with E-state index in [2.05, 4.69) is 16.0 Å². The summed E-state index contributed by atoms with van der Waals surface area (Å²) in [7, 11) is 0. The van der Waals surface area contributed by atoms with Gasteiger partial charge < -0.3 is 16.0 Å². The van der Waals surface area contributed by atoms with E-state index < -0.39 is 22.9 Å². The number of aryl methyl sites for hydroxylation is 1. The summed E-state index contributed by atoms with van der Waals surface area (Å²) in [6.45, 7) is 3.99. The van der Waals surface area contributed by atoms with E-state index in [4.69, 9.17) is 0 Å². The maximum Gasteiger partial charge on any atom is 0.272 e. The summed E-state index contributed by atoms with van der Waals surface area (Å²) >= 11 is 1.40. The Morgan fingerprint density at radius 2 is 1.37 bits per heavy atom. The van der Waals surface area contributed by atoms with Gasteiger partial charge in [0.25, 0.3) is 11.8 Å². The second-order valence-corrected chi connectivity index (χ2v) is 11.7. The van der Waals surface area contributed by atoms with Crippen LogP contribution >= 0.6 is 11.8 Å². The van der Waals surface area contributed by atoms with Gasteiger partial charge in [-0.15, -0.1) is 11.8 Å². The van der Waals surface area contributed by atoms with Gasteiger partial charge in [-0.1, -0.05) is 72.8 Å². The number of rotatable bonds is 10. The molecule has 3 amide bonds. The van der Waals surface area contributed by atoms with Crippen molar-refractivity contribution in [1.29, 1.82) is 0 Å². The van der Waals surface area contributed by atoms with Crippen LogP contribution < -0.4 is 16.0 Å². The van der Waals surface area contributed by atoms with Crippen LogP contribution in [0, 0.1) is 19.7 Å². The molecule has 0 aromatic heterocycles. The van der Waals surface area contributed by atoms with Crippen LogP contribution in [0.25, 0.3) is 6.08 Å². The van der Waals surface area contributed by atoms with Crippen LogP contribution in [0.4, 0.5) is 15.8 Å². The van der Waals surface area contributed by atoms with E-state index in [1.165, 1.54) is 42.1 Å². The maximum absolute atomic E-state index is 13.6. The van der Waals surface area contributed by atoms with Gasteiger partial charge in [0.15, 0.2) is 0 Å². The Hall–Kier alpha value is -5.47. The molecule has 0 saturated carbocycles. The zero-order valence-electron chi connectivity index (χ0n) is 25.3. The molecule has 6 nitrogen and oxygen atoms in total. The predicted octanol–water partition coefficient (Wildman–Crippen LogP) is 8.32. The number of nitrogens with one attached hydrogen (secondary N) is 3. The summed E-state index contributed by atoms with van der Waals surface area (Å²) in [6.07, 6.45) is 1.48. The van der Waals surface area contributed by atoms with Crippen molar-refractivity contribution in [3.63, 3.8) is 0 Å². The van der Waals surface area contributed by atoms with Gasteiger partial charge in [-0.05, 0) is 96.8 Å². The van der Waals surface area contributed by atoms with Crippen molar-refractivity contribution in [2.75, 3.05) is 10.6 Å². The van der Waals surface area contributed by atoms with E-state index >= 15 is 0 Å². The molecule has 0 fully saturated rings. The van der Waals surface area contributed by atoms with E-state index in [1.807, 2.05) is 74.5 Å². The molecule has 1 atom stereocenters. The molecule has 46 heavy (non-hydrogen) atoms. The minimum absolute atomic E-state index is 0.00818. The van der Waals surface area contributed by atoms with Crippen LogP contribution in [0.5, 0.6) is 0 Å². The van der Waals surface area contributed by atoms with Crippen molar-refractivity contribution in [2.24, 2.45) is 0 Å². The van der Waals surface area contributed by atoms with Crippen molar-refractivity contribution in [2.45, 2.75) is 24.0 Å². The van der Waals surface area contributed by atoms with Crippen molar-refractivity contribution < 1.29 is 18.8 Å². The largest absolute Gasteiger partial charge is 0.325 e. The summed E-state index contributed by atoms with van der Waals surface area (Å²) in [5.41, 5.74) is 5.14. The second kappa shape index (κ2) is 15.0. The van der Waals surface area contributed by atoms with Crippen molar-refractivity contribution in [1.82, 2.24) is 5.32 Å². The number of hydrogen-bond acceptors (Lipinski definition) is 4. The van der Waals surface area contributed by atoms with Gasteiger partial charge in [0.05, 0.1) is 0 Å². The molecule has 3 N–H and O–H groups in total. The van der Waals surface area contributed by atoms with Crippen LogP contribution in [0.3, 0.4) is 0 Å². The third-order valence-electron chi connectivity index (χ3n) is 7.28. The van der Waals surface area contributed by atoms with E-state index in [1.54, 1.807) is 42.5 Å². The Labute approximate surface area is 271 Å². The van der Waals surface area contributed by atoms with Crippen LogP contribution in [0.2, 0.25) is 0 Å². The normalized spacial score (nSPS) is 11.8. The van der Waals surface area contributed by atoms with Gasteiger partial charge in [-0.2, -0.15) is 0 Å². The number of carbonyl (C=O) groups excluding carboxylic acids is 3. The molecule has 0 radical (unpaired) electrons. The number of thioether (sulfide) groups is 1. The Morgan fingerprint density at radius 3 is 2.04 bits per heavy atom. The molecule has 230 valence electrons. The van der Waals surface area contributed by atoms with Gasteiger partial charge >= 0.3 is 0 Å². The second-order valence-electron chi connectivity index (χ2n) is 10.6. The lowest BCUT2D eigenvalue weighted by Gasteiger charge is -2.19. The number of halogens is 1. The first-order valence-electron chi connectivity index (χ1n) is 14.6. The highest BCUT2D eigenvalue weighted by Gasteiger charge is 2.23. The lowest BCUT2D eigenvalue weighted by atomic mass is 10.1. The number of anilines is 2. The molecule has 8 heteroatoms. The Kier molecular flexibility index (Phi) is 10.4. The monoisotopic (exact) mass is 629 g/mol. The topological polar surface area (TPSA) is 87.3 Å². The molecular weight excluding hydrogens is 598 g/mol.